The van der Waals surface area contributed by atoms with Gasteiger partial charge in [0.05, 0.1) is 25.5 Å². The molecule has 198 valence electrons. The normalized spacial score (nSPS) is 31.1. The van der Waals surface area contributed by atoms with Gasteiger partial charge in [0.25, 0.3) is 0 Å². The maximum atomic E-state index is 14.4. The van der Waals surface area contributed by atoms with Crippen molar-refractivity contribution in [3.8, 4) is 0 Å². The summed E-state index contributed by atoms with van der Waals surface area (Å²) in [6.07, 6.45) is 5.78. The smallest absolute Gasteiger partial charge is 0.414 e. The highest BCUT2D eigenvalue weighted by molar-refractivity contribution is 5.91. The molecule has 1 aromatic carbocycles. The van der Waals surface area contributed by atoms with Gasteiger partial charge in [0.15, 0.2) is 0 Å². The second-order valence-corrected chi connectivity index (χ2v) is 11.0. The van der Waals surface area contributed by atoms with Crippen LogP contribution in [-0.2, 0) is 19.6 Å². The Kier molecular flexibility index (Phi) is 6.32. The average Bonchev–Trinajstić information content (AvgIpc) is 3.56. The molecule has 5 heterocycles. The van der Waals surface area contributed by atoms with Gasteiger partial charge in [-0.1, -0.05) is 0 Å². The molecule has 36 heavy (non-hydrogen) atoms. The van der Waals surface area contributed by atoms with E-state index in [4.69, 9.17) is 14.2 Å². The average molecular weight is 504 g/mol. The van der Waals surface area contributed by atoms with Crippen molar-refractivity contribution in [2.24, 2.45) is 0 Å². The summed E-state index contributed by atoms with van der Waals surface area (Å²) < 4.78 is 30.8. The second kappa shape index (κ2) is 9.49. The van der Waals surface area contributed by atoms with Crippen molar-refractivity contribution in [2.45, 2.75) is 81.5 Å². The highest BCUT2D eigenvalue weighted by Crippen LogP contribution is 2.49. The van der Waals surface area contributed by atoms with Gasteiger partial charge in [0, 0.05) is 37.9 Å². The second-order valence-electron chi connectivity index (χ2n) is 11.0. The third-order valence-electron chi connectivity index (χ3n) is 9.12. The van der Waals surface area contributed by atoms with Crippen molar-refractivity contribution in [3.05, 3.63) is 29.6 Å². The largest absolute Gasteiger partial charge is 0.450 e. The number of rotatable bonds is 3. The van der Waals surface area contributed by atoms with Gasteiger partial charge in [-0.15, -0.1) is 0 Å². The van der Waals surface area contributed by atoms with Crippen LogP contribution >= 0.6 is 0 Å². The van der Waals surface area contributed by atoms with Gasteiger partial charge in [-0.25, -0.2) is 14.0 Å². The third-order valence-corrected chi connectivity index (χ3v) is 9.12. The molecule has 4 saturated heterocycles. The highest BCUT2D eigenvalue weighted by Gasteiger charge is 2.50. The zero-order valence-electron chi connectivity index (χ0n) is 21.0. The summed E-state index contributed by atoms with van der Waals surface area (Å²) >= 11 is 0. The Morgan fingerprint density at radius 2 is 1.86 bits per heavy atom. The maximum absolute atomic E-state index is 14.4. The first kappa shape index (κ1) is 24.0. The van der Waals surface area contributed by atoms with Gasteiger partial charge in [0.1, 0.15) is 11.9 Å². The minimum atomic E-state index is -0.361. The van der Waals surface area contributed by atoms with Crippen molar-refractivity contribution < 1.29 is 29.6 Å². The Labute approximate surface area is 213 Å². The number of carbonyl (C=O) groups excluding carboxylic acids is 2. The predicted octanol–water partition coefficient (Wildman–Crippen LogP) is 4.30. The van der Waals surface area contributed by atoms with Crippen molar-refractivity contribution in [3.63, 3.8) is 0 Å². The summed E-state index contributed by atoms with van der Waals surface area (Å²) in [6, 6.07) is 5.74. The number of anilines is 1. The molecule has 4 fully saturated rings. The molecule has 6 rings (SSSR count). The molecule has 2 amide bonds. The Morgan fingerprint density at radius 3 is 2.53 bits per heavy atom. The lowest BCUT2D eigenvalue weighted by molar-refractivity contribution is 0.0279. The maximum Gasteiger partial charge on any atom is 0.414 e. The number of carbonyl (C=O) groups is 2. The quantitative estimate of drug-likeness (QED) is 0.613. The number of fused-ring (bicyclic) bond motifs is 4. The van der Waals surface area contributed by atoms with E-state index < -0.39 is 0 Å². The molecule has 0 aliphatic carbocycles. The van der Waals surface area contributed by atoms with Gasteiger partial charge >= 0.3 is 12.2 Å². The Morgan fingerprint density at radius 1 is 1.11 bits per heavy atom. The Hall–Kier alpha value is -2.39. The number of piperidine rings is 2. The van der Waals surface area contributed by atoms with Crippen LogP contribution in [0.5, 0.6) is 0 Å². The lowest BCUT2D eigenvalue weighted by atomic mass is 9.73. The zero-order valence-corrected chi connectivity index (χ0v) is 21.0. The van der Waals surface area contributed by atoms with Crippen LogP contribution < -0.4 is 4.90 Å². The molecular weight excluding hydrogens is 465 g/mol. The minimum absolute atomic E-state index is 0. The standard InChI is InChI=1S/C27H36FN3O5.H2/c1-2-35-26(33)31-19-4-5-20(31)15-21(14-19)29-10-8-27(9-11-29)17-30(24-6-3-18(28)13-23(24)27)25(32)36-22-7-12-34-16-22;/h3,6,13,19-22H,2,4-5,7-12,14-17H2,1H3;1H/t19?,20?,21?,22-;/m0./s1. The van der Waals surface area contributed by atoms with E-state index in [-0.39, 0.29) is 43.0 Å². The summed E-state index contributed by atoms with van der Waals surface area (Å²) in [7, 11) is 0. The third kappa shape index (κ3) is 4.14. The molecular formula is C27H38FN3O5. The van der Waals surface area contributed by atoms with E-state index in [1.54, 1.807) is 17.0 Å². The van der Waals surface area contributed by atoms with Crippen LogP contribution in [0.1, 0.15) is 58.9 Å². The summed E-state index contributed by atoms with van der Waals surface area (Å²) in [5, 5.41) is 0. The summed E-state index contributed by atoms with van der Waals surface area (Å²) in [4.78, 5) is 31.8. The van der Waals surface area contributed by atoms with E-state index in [1.807, 2.05) is 11.8 Å². The lowest BCUT2D eigenvalue weighted by Crippen LogP contribution is -2.55. The molecule has 1 aromatic rings. The molecule has 0 aromatic heterocycles. The van der Waals surface area contributed by atoms with E-state index >= 15 is 0 Å². The molecule has 5 aliphatic rings. The number of likely N-dealkylation sites (tertiary alicyclic amines) is 1. The fourth-order valence-corrected chi connectivity index (χ4v) is 7.30. The molecule has 0 radical (unpaired) electrons. The number of nitrogens with zero attached hydrogens (tertiary/aromatic N) is 3. The van der Waals surface area contributed by atoms with Crippen LogP contribution in [0.4, 0.5) is 19.7 Å². The van der Waals surface area contributed by atoms with E-state index in [0.717, 1.165) is 62.9 Å². The molecule has 5 aliphatic heterocycles. The van der Waals surface area contributed by atoms with E-state index in [0.29, 0.717) is 38.8 Å². The molecule has 2 bridgehead atoms. The first-order valence-electron chi connectivity index (χ1n) is 13.5. The van der Waals surface area contributed by atoms with Gasteiger partial charge in [-0.05, 0) is 82.3 Å². The topological polar surface area (TPSA) is 71.6 Å². The minimum Gasteiger partial charge on any atom is -0.450 e. The number of ether oxygens (including phenoxy) is 3. The summed E-state index contributed by atoms with van der Waals surface area (Å²) in [5.41, 5.74) is 1.44. The molecule has 8 nitrogen and oxygen atoms in total. The first-order chi connectivity index (χ1) is 17.5. The summed E-state index contributed by atoms with van der Waals surface area (Å²) in [6.45, 7) is 5.64. The zero-order chi connectivity index (χ0) is 24.9. The van der Waals surface area contributed by atoms with Crippen molar-refractivity contribution >= 4 is 17.9 Å². The molecule has 9 heteroatoms. The molecule has 0 N–H and O–H groups in total. The molecule has 3 atom stereocenters. The molecule has 0 saturated carbocycles. The van der Waals surface area contributed by atoms with Gasteiger partial charge < -0.3 is 24.0 Å². The predicted molar refractivity (Wildman–Crippen MR) is 133 cm³/mol. The van der Waals surface area contributed by atoms with Gasteiger partial charge in [-0.3, -0.25) is 4.90 Å². The first-order valence-corrected chi connectivity index (χ1v) is 13.5. The van der Waals surface area contributed by atoms with Crippen molar-refractivity contribution in [1.82, 2.24) is 9.80 Å². The number of benzene rings is 1. The van der Waals surface area contributed by atoms with Crippen LogP contribution in [-0.4, -0.2) is 85.7 Å². The lowest BCUT2D eigenvalue weighted by Gasteiger charge is -2.47. The van der Waals surface area contributed by atoms with E-state index in [1.165, 1.54) is 6.07 Å². The van der Waals surface area contributed by atoms with Gasteiger partial charge in [0.2, 0.25) is 0 Å². The van der Waals surface area contributed by atoms with Crippen LogP contribution in [0, 0.1) is 5.82 Å². The van der Waals surface area contributed by atoms with E-state index in [2.05, 4.69) is 4.90 Å². The number of hydrogen-bond donors (Lipinski definition) is 0. The van der Waals surface area contributed by atoms with Crippen LogP contribution in [0.25, 0.3) is 0 Å². The SMILES string of the molecule is CCOC(=O)N1C2CCC1CC(N1CCC3(CC1)CN(C(=O)O[C@H]1CCOC1)c1ccc(F)cc13)C2.[HH]. The van der Waals surface area contributed by atoms with Crippen LogP contribution in [0.15, 0.2) is 18.2 Å². The summed E-state index contributed by atoms with van der Waals surface area (Å²) in [5.74, 6) is -0.266. The number of halogens is 1. The fraction of sp³-hybridized carbons (Fsp3) is 0.704. The highest BCUT2D eigenvalue weighted by atomic mass is 19.1. The van der Waals surface area contributed by atoms with Crippen LogP contribution in [0.3, 0.4) is 0 Å². The van der Waals surface area contributed by atoms with Crippen LogP contribution in [0.2, 0.25) is 0 Å². The fourth-order valence-electron chi connectivity index (χ4n) is 7.30. The molecule has 1 spiro atoms. The van der Waals surface area contributed by atoms with E-state index in [9.17, 15) is 14.0 Å². The van der Waals surface area contributed by atoms with Crippen molar-refractivity contribution in [2.75, 3.05) is 44.4 Å². The van der Waals surface area contributed by atoms with Crippen molar-refractivity contribution in [1.29, 1.82) is 0 Å². The Balaban J connectivity index is 0.00000280. The number of amides is 2. The Bertz CT molecular complexity index is 1000. The molecule has 2 unspecified atom stereocenters. The monoisotopic (exact) mass is 503 g/mol. The van der Waals surface area contributed by atoms with Gasteiger partial charge in [-0.2, -0.15) is 0 Å². The number of hydrogen-bond acceptors (Lipinski definition) is 6.